The van der Waals surface area contributed by atoms with Crippen LogP contribution in [0.25, 0.3) is 22.3 Å². The monoisotopic (exact) mass is 226 g/mol. The molecule has 0 atom stereocenters. The predicted octanol–water partition coefficient (Wildman–Crippen LogP) is 1.66. The topological polar surface area (TPSA) is 87.6 Å². The van der Waals surface area contributed by atoms with Crippen LogP contribution in [0, 0.1) is 0 Å². The Morgan fingerprint density at radius 2 is 2.12 bits per heavy atom. The number of H-pyrrole nitrogens is 2. The number of aromatic nitrogens is 3. The maximum Gasteiger partial charge on any atom is 0.248 e. The number of hydrogen-bond donors (Lipinski definition) is 3. The highest BCUT2D eigenvalue weighted by Gasteiger charge is 2.07. The lowest BCUT2D eigenvalue weighted by atomic mass is 10.1. The highest BCUT2D eigenvalue weighted by Crippen LogP contribution is 2.23. The van der Waals surface area contributed by atoms with E-state index in [1.165, 1.54) is 0 Å². The summed E-state index contributed by atoms with van der Waals surface area (Å²) in [5.74, 6) is -0.428. The fourth-order valence-corrected chi connectivity index (χ4v) is 1.83. The molecule has 0 aliphatic rings. The second-order valence-electron chi connectivity index (χ2n) is 3.81. The maximum absolute atomic E-state index is 11.1. The second kappa shape index (κ2) is 3.48. The molecule has 0 unspecified atom stereocenters. The fourth-order valence-electron chi connectivity index (χ4n) is 1.83. The molecule has 84 valence electrons. The summed E-state index contributed by atoms with van der Waals surface area (Å²) >= 11 is 0. The third-order valence-corrected chi connectivity index (χ3v) is 2.68. The number of carbonyl (C=O) groups is 1. The van der Waals surface area contributed by atoms with Crippen molar-refractivity contribution < 1.29 is 4.79 Å². The van der Waals surface area contributed by atoms with E-state index in [4.69, 9.17) is 5.73 Å². The minimum Gasteiger partial charge on any atom is -0.366 e. The zero-order valence-electron chi connectivity index (χ0n) is 8.90. The molecule has 0 aliphatic carbocycles. The Labute approximate surface area is 96.6 Å². The molecule has 2 heterocycles. The van der Waals surface area contributed by atoms with Crippen LogP contribution in [0.3, 0.4) is 0 Å². The molecule has 0 radical (unpaired) electrons. The van der Waals surface area contributed by atoms with Gasteiger partial charge in [0, 0.05) is 22.7 Å². The van der Waals surface area contributed by atoms with Gasteiger partial charge in [-0.3, -0.25) is 9.89 Å². The summed E-state index contributed by atoms with van der Waals surface area (Å²) in [6.45, 7) is 0. The minimum atomic E-state index is -0.428. The van der Waals surface area contributed by atoms with Gasteiger partial charge in [-0.1, -0.05) is 6.07 Å². The summed E-state index contributed by atoms with van der Waals surface area (Å²) in [4.78, 5) is 14.3. The van der Waals surface area contributed by atoms with Crippen molar-refractivity contribution in [2.45, 2.75) is 0 Å². The van der Waals surface area contributed by atoms with Gasteiger partial charge >= 0.3 is 0 Å². The first-order chi connectivity index (χ1) is 8.24. The van der Waals surface area contributed by atoms with Crippen LogP contribution in [0.1, 0.15) is 10.4 Å². The molecule has 5 heteroatoms. The van der Waals surface area contributed by atoms with Crippen molar-refractivity contribution in [3.63, 3.8) is 0 Å². The van der Waals surface area contributed by atoms with E-state index in [9.17, 15) is 4.79 Å². The number of hydrogen-bond acceptors (Lipinski definition) is 2. The molecular weight excluding hydrogens is 216 g/mol. The van der Waals surface area contributed by atoms with Crippen LogP contribution in [0.4, 0.5) is 0 Å². The molecule has 0 fully saturated rings. The molecule has 0 aliphatic heterocycles. The molecule has 17 heavy (non-hydrogen) atoms. The molecule has 0 saturated carbocycles. The van der Waals surface area contributed by atoms with E-state index in [0.717, 1.165) is 22.3 Å². The summed E-state index contributed by atoms with van der Waals surface area (Å²) in [5.41, 5.74) is 8.34. The molecule has 3 aromatic rings. The maximum atomic E-state index is 11.1. The van der Waals surface area contributed by atoms with Gasteiger partial charge in [0.1, 0.15) is 5.69 Å². The van der Waals surface area contributed by atoms with E-state index in [2.05, 4.69) is 15.2 Å². The van der Waals surface area contributed by atoms with E-state index >= 15 is 0 Å². The molecule has 0 saturated heterocycles. The summed E-state index contributed by atoms with van der Waals surface area (Å²) < 4.78 is 0. The van der Waals surface area contributed by atoms with Gasteiger partial charge in [0.2, 0.25) is 5.91 Å². The van der Waals surface area contributed by atoms with Gasteiger partial charge in [0.15, 0.2) is 0 Å². The molecule has 1 aromatic carbocycles. The number of amides is 1. The minimum absolute atomic E-state index is 0.428. The highest BCUT2D eigenvalue weighted by molar-refractivity contribution is 5.97. The van der Waals surface area contributed by atoms with Crippen LogP contribution in [-0.2, 0) is 0 Å². The molecule has 2 aromatic heterocycles. The normalized spacial score (nSPS) is 10.8. The summed E-state index contributed by atoms with van der Waals surface area (Å²) in [6.07, 6.45) is 1.76. The van der Waals surface area contributed by atoms with Gasteiger partial charge in [0.05, 0.1) is 5.69 Å². The lowest BCUT2D eigenvalue weighted by Gasteiger charge is -1.94. The highest BCUT2D eigenvalue weighted by atomic mass is 16.1. The predicted molar refractivity (Wildman–Crippen MR) is 64.4 cm³/mol. The third-order valence-electron chi connectivity index (χ3n) is 2.68. The van der Waals surface area contributed by atoms with Crippen molar-refractivity contribution in [3.05, 3.63) is 42.1 Å². The lowest BCUT2D eigenvalue weighted by molar-refractivity contribution is 0.100. The van der Waals surface area contributed by atoms with Gasteiger partial charge in [-0.25, -0.2) is 0 Å². The first-order valence-corrected chi connectivity index (χ1v) is 5.17. The van der Waals surface area contributed by atoms with Gasteiger partial charge in [-0.2, -0.15) is 5.10 Å². The number of carbonyl (C=O) groups excluding carboxylic acids is 1. The van der Waals surface area contributed by atoms with Crippen molar-refractivity contribution in [2.75, 3.05) is 0 Å². The van der Waals surface area contributed by atoms with Crippen molar-refractivity contribution in [1.82, 2.24) is 15.2 Å². The van der Waals surface area contributed by atoms with Crippen LogP contribution in [-0.4, -0.2) is 21.1 Å². The fraction of sp³-hybridized carbons (Fsp3) is 0. The summed E-state index contributed by atoms with van der Waals surface area (Å²) in [6, 6.07) is 9.18. The van der Waals surface area contributed by atoms with Crippen molar-refractivity contribution in [2.24, 2.45) is 5.73 Å². The summed E-state index contributed by atoms with van der Waals surface area (Å²) in [7, 11) is 0. The largest absolute Gasteiger partial charge is 0.366 e. The van der Waals surface area contributed by atoms with Crippen LogP contribution >= 0.6 is 0 Å². The first-order valence-electron chi connectivity index (χ1n) is 5.17. The van der Waals surface area contributed by atoms with Crippen LogP contribution in [0.15, 0.2) is 36.5 Å². The Hall–Kier alpha value is -2.56. The van der Waals surface area contributed by atoms with Gasteiger partial charge in [-0.05, 0) is 24.3 Å². The average Bonchev–Trinajstić information content (AvgIpc) is 2.96. The molecular formula is C12H10N4O. The van der Waals surface area contributed by atoms with E-state index in [1.807, 2.05) is 18.2 Å². The zero-order chi connectivity index (χ0) is 11.8. The molecule has 0 bridgehead atoms. The van der Waals surface area contributed by atoms with Gasteiger partial charge in [0.25, 0.3) is 0 Å². The Morgan fingerprint density at radius 3 is 2.82 bits per heavy atom. The third kappa shape index (κ3) is 1.57. The molecule has 0 spiro atoms. The molecule has 4 N–H and O–H groups in total. The van der Waals surface area contributed by atoms with E-state index < -0.39 is 5.91 Å². The van der Waals surface area contributed by atoms with E-state index in [1.54, 1.807) is 18.3 Å². The second-order valence-corrected chi connectivity index (χ2v) is 3.81. The number of nitrogens with one attached hydrogen (secondary N) is 2. The van der Waals surface area contributed by atoms with E-state index in [0.29, 0.717) is 5.56 Å². The van der Waals surface area contributed by atoms with Gasteiger partial charge in [-0.15, -0.1) is 0 Å². The van der Waals surface area contributed by atoms with Crippen LogP contribution in [0.5, 0.6) is 0 Å². The van der Waals surface area contributed by atoms with Crippen molar-refractivity contribution >= 4 is 16.8 Å². The van der Waals surface area contributed by atoms with Crippen LogP contribution < -0.4 is 5.73 Å². The Kier molecular flexibility index (Phi) is 1.98. The average molecular weight is 226 g/mol. The van der Waals surface area contributed by atoms with Crippen molar-refractivity contribution in [1.29, 1.82) is 0 Å². The standard InChI is InChI=1S/C12H10N4O/c13-12(17)8-2-1-7-5-11(15-10(7)6-8)9-3-4-14-16-9/h1-6,15H,(H2,13,17)(H,14,16). The Bertz CT molecular complexity index is 682. The number of nitrogens with zero attached hydrogens (tertiary/aromatic N) is 1. The van der Waals surface area contributed by atoms with Crippen LogP contribution in [0.2, 0.25) is 0 Å². The molecule has 3 rings (SSSR count). The van der Waals surface area contributed by atoms with Crippen molar-refractivity contribution in [3.8, 4) is 11.4 Å². The number of nitrogens with two attached hydrogens (primary N) is 1. The number of benzene rings is 1. The number of fused-ring (bicyclic) bond motifs is 1. The molecule has 5 nitrogen and oxygen atoms in total. The zero-order valence-corrected chi connectivity index (χ0v) is 8.90. The smallest absolute Gasteiger partial charge is 0.248 e. The number of aromatic amines is 2. The Morgan fingerprint density at radius 1 is 1.24 bits per heavy atom. The quantitative estimate of drug-likeness (QED) is 0.620. The van der Waals surface area contributed by atoms with Gasteiger partial charge < -0.3 is 10.7 Å². The van der Waals surface area contributed by atoms with E-state index in [-0.39, 0.29) is 0 Å². The SMILES string of the molecule is NC(=O)c1ccc2cc(-c3cc[nH]n3)[nH]c2c1. The lowest BCUT2D eigenvalue weighted by Crippen LogP contribution is -2.10. The number of rotatable bonds is 2. The summed E-state index contributed by atoms with van der Waals surface area (Å²) in [5, 5.41) is 7.87. The molecule has 1 amide bonds. The number of primary amides is 1. The first kappa shape index (κ1) is 9.65. The Balaban J connectivity index is 2.16.